The van der Waals surface area contributed by atoms with Gasteiger partial charge in [0.2, 0.25) is 5.75 Å². The van der Waals surface area contributed by atoms with E-state index in [2.05, 4.69) is 15.3 Å². The summed E-state index contributed by atoms with van der Waals surface area (Å²) < 4.78 is 7.14. The van der Waals surface area contributed by atoms with Crippen LogP contribution in [0.2, 0.25) is 0 Å². The third kappa shape index (κ3) is 3.16. The molecule has 2 N–H and O–H groups in total. The summed E-state index contributed by atoms with van der Waals surface area (Å²) >= 11 is 0. The van der Waals surface area contributed by atoms with Gasteiger partial charge in [-0.25, -0.2) is 9.53 Å². The van der Waals surface area contributed by atoms with Gasteiger partial charge in [-0.1, -0.05) is 19.3 Å². The van der Waals surface area contributed by atoms with Gasteiger partial charge in [0.1, 0.15) is 0 Å². The summed E-state index contributed by atoms with van der Waals surface area (Å²) in [5.41, 5.74) is -0.212. The summed E-state index contributed by atoms with van der Waals surface area (Å²) in [7, 11) is 3.16. The number of nitrogens with one attached hydrogen (secondary N) is 2. The Hall–Kier alpha value is -3.54. The quantitative estimate of drug-likeness (QED) is 0.649. The highest BCUT2D eigenvalue weighted by atomic mass is 16.5. The lowest BCUT2D eigenvalue weighted by molar-refractivity contribution is 0.0825. The van der Waals surface area contributed by atoms with Crippen LogP contribution in [0.15, 0.2) is 21.7 Å². The molecule has 0 unspecified atom stereocenters. The Morgan fingerprint density at radius 2 is 1.93 bits per heavy atom. The second kappa shape index (κ2) is 7.13. The maximum atomic E-state index is 13.1. The highest BCUT2D eigenvalue weighted by molar-refractivity contribution is 6.01. The van der Waals surface area contributed by atoms with E-state index in [9.17, 15) is 14.4 Å². The second-order valence-electron chi connectivity index (χ2n) is 7.52. The van der Waals surface area contributed by atoms with E-state index in [1.165, 1.54) is 21.7 Å². The molecular formula is C20H21N5O4. The van der Waals surface area contributed by atoms with Crippen molar-refractivity contribution in [1.82, 2.24) is 14.7 Å². The molecule has 150 valence electrons. The lowest BCUT2D eigenvalue weighted by Gasteiger charge is -2.27. The van der Waals surface area contributed by atoms with Crippen LogP contribution in [0.3, 0.4) is 0 Å². The van der Waals surface area contributed by atoms with Crippen molar-refractivity contribution in [1.29, 1.82) is 0 Å². The molecule has 1 aromatic carbocycles. The summed E-state index contributed by atoms with van der Waals surface area (Å²) in [4.78, 5) is 43.1. The van der Waals surface area contributed by atoms with E-state index >= 15 is 0 Å². The minimum absolute atomic E-state index is 0.0252. The minimum atomic E-state index is -0.541. The Kier molecular flexibility index (Phi) is 4.62. The highest BCUT2D eigenvalue weighted by Gasteiger charge is 2.30. The Morgan fingerprint density at radius 3 is 2.59 bits per heavy atom. The van der Waals surface area contributed by atoms with Gasteiger partial charge in [-0.15, -0.1) is 0 Å². The van der Waals surface area contributed by atoms with Crippen LogP contribution in [0.4, 0.5) is 17.1 Å². The van der Waals surface area contributed by atoms with Crippen molar-refractivity contribution in [3.63, 3.8) is 0 Å². The Balaban J connectivity index is 1.85. The molecule has 0 bridgehead atoms. The minimum Gasteiger partial charge on any atom is -0.446 e. The van der Waals surface area contributed by atoms with Gasteiger partial charge >= 0.3 is 5.56 Å². The molecule has 0 saturated heterocycles. The van der Waals surface area contributed by atoms with Crippen LogP contribution in [-0.2, 0) is 0 Å². The smallest absolute Gasteiger partial charge is 0.308 e. The van der Waals surface area contributed by atoms with Crippen LogP contribution in [0.5, 0.6) is 11.5 Å². The van der Waals surface area contributed by atoms with Crippen molar-refractivity contribution >= 4 is 23.0 Å². The zero-order valence-corrected chi connectivity index (χ0v) is 16.2. The average Bonchev–Trinajstić information content (AvgIpc) is 2.74. The Labute approximate surface area is 166 Å². The fourth-order valence-electron chi connectivity index (χ4n) is 3.86. The molecule has 1 amide bonds. The molecule has 0 radical (unpaired) electrons. The molecule has 1 aliphatic carbocycles. The number of rotatable bonds is 2. The summed E-state index contributed by atoms with van der Waals surface area (Å²) in [5.74, 6) is -0.411. The standard InChI is InChI=1S/C20H21N5O4/c1-21-11-9-13(19(27)24(2)3)16-14(10-11)22-15-17(29-16)18(26)23-25(20(15)28)12-7-5-4-6-8-12/h9-10,12,22H,4-8H2,2-3H3,(H,23,26). The molecule has 1 saturated carbocycles. The molecule has 29 heavy (non-hydrogen) atoms. The number of nitrogens with zero attached hydrogens (tertiary/aromatic N) is 3. The zero-order valence-electron chi connectivity index (χ0n) is 16.2. The van der Waals surface area contributed by atoms with Crippen molar-refractivity contribution in [2.45, 2.75) is 38.1 Å². The third-order valence-corrected chi connectivity index (χ3v) is 5.33. The third-order valence-electron chi connectivity index (χ3n) is 5.33. The van der Waals surface area contributed by atoms with E-state index in [1.54, 1.807) is 14.1 Å². The van der Waals surface area contributed by atoms with Crippen molar-refractivity contribution in [2.75, 3.05) is 19.4 Å². The molecule has 0 atom stereocenters. The fourth-order valence-corrected chi connectivity index (χ4v) is 3.86. The molecule has 9 heteroatoms. The first-order valence-corrected chi connectivity index (χ1v) is 9.51. The van der Waals surface area contributed by atoms with E-state index < -0.39 is 5.56 Å². The normalized spacial score (nSPS) is 15.3. The first kappa shape index (κ1) is 18.8. The van der Waals surface area contributed by atoms with Gasteiger partial charge in [-0.05, 0) is 25.0 Å². The number of hydrogen-bond donors (Lipinski definition) is 2. The number of ether oxygens (including phenoxy) is 1. The van der Waals surface area contributed by atoms with Crippen molar-refractivity contribution in [2.24, 2.45) is 0 Å². The maximum Gasteiger partial charge on any atom is 0.308 e. The number of carbonyl (C=O) groups excluding carboxylic acids is 1. The van der Waals surface area contributed by atoms with Crippen LogP contribution in [0.1, 0.15) is 48.5 Å². The van der Waals surface area contributed by atoms with Crippen LogP contribution in [0.25, 0.3) is 4.85 Å². The first-order valence-electron chi connectivity index (χ1n) is 9.51. The van der Waals surface area contributed by atoms with Gasteiger partial charge in [-0.2, -0.15) is 0 Å². The van der Waals surface area contributed by atoms with Gasteiger partial charge in [0, 0.05) is 14.1 Å². The topological polar surface area (TPSA) is 101 Å². The zero-order chi connectivity index (χ0) is 20.7. The Morgan fingerprint density at radius 1 is 1.21 bits per heavy atom. The number of amides is 1. The largest absolute Gasteiger partial charge is 0.446 e. The van der Waals surface area contributed by atoms with Crippen LogP contribution in [0, 0.1) is 6.57 Å². The van der Waals surface area contributed by atoms with E-state index in [0.29, 0.717) is 5.69 Å². The molecule has 2 aliphatic rings. The van der Waals surface area contributed by atoms with Crippen LogP contribution in [-0.4, -0.2) is 34.7 Å². The Bertz CT molecular complexity index is 1150. The predicted octanol–water partition coefficient (Wildman–Crippen LogP) is 3.14. The molecule has 2 aromatic rings. The molecule has 0 spiro atoms. The number of H-pyrrole nitrogens is 1. The van der Waals surface area contributed by atoms with Gasteiger partial charge in [-0.3, -0.25) is 19.5 Å². The number of benzene rings is 1. The summed E-state index contributed by atoms with van der Waals surface area (Å²) in [6.45, 7) is 7.31. The van der Waals surface area contributed by atoms with Gasteiger partial charge in [0.25, 0.3) is 11.5 Å². The highest BCUT2D eigenvalue weighted by Crippen LogP contribution is 2.43. The van der Waals surface area contributed by atoms with Gasteiger partial charge in [0.05, 0.1) is 23.9 Å². The maximum absolute atomic E-state index is 13.1. The SMILES string of the molecule is [C-]#[N+]c1cc2c(c(C(=O)N(C)C)c1)Oc1c(c(=O)n(C3CCCCC3)[nH]c1=O)N2. The van der Waals surface area contributed by atoms with E-state index in [1.807, 2.05) is 0 Å². The molecular weight excluding hydrogens is 374 g/mol. The lowest BCUT2D eigenvalue weighted by Crippen LogP contribution is -2.36. The van der Waals surface area contributed by atoms with Crippen molar-refractivity contribution < 1.29 is 9.53 Å². The number of hydrogen-bond acceptors (Lipinski definition) is 5. The number of anilines is 2. The second-order valence-corrected chi connectivity index (χ2v) is 7.52. The monoisotopic (exact) mass is 395 g/mol. The van der Waals surface area contributed by atoms with Crippen LogP contribution < -0.4 is 21.2 Å². The molecule has 1 aromatic heterocycles. The van der Waals surface area contributed by atoms with Gasteiger partial charge in [0.15, 0.2) is 17.1 Å². The lowest BCUT2D eigenvalue weighted by atomic mass is 9.95. The molecule has 1 fully saturated rings. The van der Waals surface area contributed by atoms with Gasteiger partial charge < -0.3 is 15.0 Å². The number of carbonyl (C=O) groups is 1. The van der Waals surface area contributed by atoms with Crippen molar-refractivity contribution in [3.8, 4) is 11.5 Å². The molecule has 4 rings (SSSR count). The van der Waals surface area contributed by atoms with E-state index in [-0.39, 0.29) is 45.9 Å². The molecule has 9 nitrogen and oxygen atoms in total. The first-order chi connectivity index (χ1) is 13.9. The number of aromatic amines is 1. The number of fused-ring (bicyclic) bond motifs is 2. The van der Waals surface area contributed by atoms with Crippen LogP contribution >= 0.6 is 0 Å². The van der Waals surface area contributed by atoms with E-state index in [0.717, 1.165) is 32.1 Å². The number of aromatic nitrogens is 2. The average molecular weight is 395 g/mol. The van der Waals surface area contributed by atoms with Crippen molar-refractivity contribution in [3.05, 3.63) is 49.8 Å². The fraction of sp³-hybridized carbons (Fsp3) is 0.400. The summed E-state index contributed by atoms with van der Waals surface area (Å²) in [5, 5.41) is 5.58. The summed E-state index contributed by atoms with van der Waals surface area (Å²) in [6.07, 6.45) is 4.79. The summed E-state index contributed by atoms with van der Waals surface area (Å²) in [6, 6.07) is 2.86. The predicted molar refractivity (Wildman–Crippen MR) is 108 cm³/mol. The molecule has 1 aliphatic heterocycles. The molecule has 2 heterocycles. The van der Waals surface area contributed by atoms with E-state index in [4.69, 9.17) is 11.3 Å².